The Balaban J connectivity index is 2.32. The zero-order valence-corrected chi connectivity index (χ0v) is 11.8. The third kappa shape index (κ3) is 3.15. The first-order valence-electron chi connectivity index (χ1n) is 6.37. The van der Waals surface area contributed by atoms with Crippen LogP contribution in [-0.2, 0) is 4.74 Å². The van der Waals surface area contributed by atoms with Crippen LogP contribution in [0.2, 0.25) is 0 Å². The minimum Gasteiger partial charge on any atom is -0.443 e. The zero-order valence-electron chi connectivity index (χ0n) is 11.8. The molecule has 0 unspecified atom stereocenters. The van der Waals surface area contributed by atoms with Crippen molar-refractivity contribution in [1.82, 2.24) is 4.57 Å². The van der Waals surface area contributed by atoms with Crippen LogP contribution in [0, 0.1) is 0 Å². The highest BCUT2D eigenvalue weighted by atomic mass is 16.6. The molecule has 0 aliphatic heterocycles. The van der Waals surface area contributed by atoms with Crippen molar-refractivity contribution in [1.29, 1.82) is 0 Å². The molecule has 0 spiro atoms. The number of benzene rings is 1. The summed E-state index contributed by atoms with van der Waals surface area (Å²) in [6.07, 6.45) is 2.03. The van der Waals surface area contributed by atoms with Gasteiger partial charge in [0.05, 0.1) is 5.69 Å². The molecular formula is C16H17NO3. The van der Waals surface area contributed by atoms with Crippen molar-refractivity contribution in [2.75, 3.05) is 0 Å². The van der Waals surface area contributed by atoms with Crippen LogP contribution in [0.1, 0.15) is 31.1 Å². The molecule has 0 saturated carbocycles. The van der Waals surface area contributed by atoms with Gasteiger partial charge in [-0.1, -0.05) is 24.3 Å². The molecule has 20 heavy (non-hydrogen) atoms. The Morgan fingerprint density at radius 1 is 1.15 bits per heavy atom. The van der Waals surface area contributed by atoms with Gasteiger partial charge in [0.1, 0.15) is 11.9 Å². The molecule has 0 saturated heterocycles. The lowest BCUT2D eigenvalue weighted by atomic mass is 10.1. The second-order valence-corrected chi connectivity index (χ2v) is 5.48. The van der Waals surface area contributed by atoms with E-state index in [4.69, 9.17) is 4.74 Å². The summed E-state index contributed by atoms with van der Waals surface area (Å²) in [5.74, 6) is 0. The Kier molecular flexibility index (Phi) is 3.74. The Labute approximate surface area is 118 Å². The fourth-order valence-corrected chi connectivity index (χ4v) is 1.82. The molecule has 0 atom stereocenters. The second kappa shape index (κ2) is 5.33. The molecule has 1 heterocycles. The lowest BCUT2D eigenvalue weighted by molar-refractivity contribution is 0.0540. The maximum absolute atomic E-state index is 12.1. The van der Waals surface area contributed by atoms with Gasteiger partial charge in [-0.25, -0.2) is 4.79 Å². The van der Waals surface area contributed by atoms with E-state index in [1.54, 1.807) is 36.5 Å². The van der Waals surface area contributed by atoms with Gasteiger partial charge in [0.15, 0.2) is 0 Å². The van der Waals surface area contributed by atoms with Crippen LogP contribution in [0.25, 0.3) is 11.3 Å². The van der Waals surface area contributed by atoms with E-state index in [2.05, 4.69) is 0 Å². The van der Waals surface area contributed by atoms with E-state index >= 15 is 0 Å². The average molecular weight is 271 g/mol. The summed E-state index contributed by atoms with van der Waals surface area (Å²) in [6, 6.07) is 10.7. The van der Waals surface area contributed by atoms with Gasteiger partial charge in [-0.15, -0.1) is 0 Å². The number of hydrogen-bond donors (Lipinski definition) is 0. The van der Waals surface area contributed by atoms with E-state index in [9.17, 15) is 9.59 Å². The highest BCUT2D eigenvalue weighted by Crippen LogP contribution is 2.22. The van der Waals surface area contributed by atoms with Crippen molar-refractivity contribution < 1.29 is 14.3 Å². The third-order valence-corrected chi connectivity index (χ3v) is 2.68. The van der Waals surface area contributed by atoms with Gasteiger partial charge in [0, 0.05) is 11.8 Å². The molecule has 0 amide bonds. The number of nitrogens with zero attached hydrogens (tertiary/aromatic N) is 1. The lowest BCUT2D eigenvalue weighted by Crippen LogP contribution is -2.27. The maximum atomic E-state index is 12.1. The van der Waals surface area contributed by atoms with E-state index < -0.39 is 11.7 Å². The van der Waals surface area contributed by atoms with Crippen LogP contribution in [0.15, 0.2) is 42.6 Å². The van der Waals surface area contributed by atoms with Crippen molar-refractivity contribution in [3.8, 4) is 11.3 Å². The molecule has 4 nitrogen and oxygen atoms in total. The number of ether oxygens (including phenoxy) is 1. The highest BCUT2D eigenvalue weighted by molar-refractivity contribution is 5.80. The zero-order chi connectivity index (χ0) is 14.8. The first-order chi connectivity index (χ1) is 9.40. The molecule has 104 valence electrons. The van der Waals surface area contributed by atoms with Gasteiger partial charge >= 0.3 is 6.09 Å². The molecule has 2 aromatic rings. The molecule has 4 heteroatoms. The molecule has 0 aliphatic carbocycles. The van der Waals surface area contributed by atoms with Crippen LogP contribution < -0.4 is 0 Å². The lowest BCUT2D eigenvalue weighted by Gasteiger charge is -2.20. The SMILES string of the molecule is CC(C)(C)OC(=O)n1cccc1-c1ccc(C=O)cc1. The molecule has 0 N–H and O–H groups in total. The quantitative estimate of drug-likeness (QED) is 0.781. The summed E-state index contributed by atoms with van der Waals surface area (Å²) in [5.41, 5.74) is 1.65. The van der Waals surface area contributed by atoms with E-state index in [-0.39, 0.29) is 0 Å². The number of rotatable bonds is 2. The van der Waals surface area contributed by atoms with Gasteiger partial charge in [-0.2, -0.15) is 0 Å². The number of aldehydes is 1. The van der Waals surface area contributed by atoms with Crippen LogP contribution >= 0.6 is 0 Å². The monoisotopic (exact) mass is 271 g/mol. The van der Waals surface area contributed by atoms with Gasteiger partial charge in [-0.3, -0.25) is 9.36 Å². The van der Waals surface area contributed by atoms with Crippen molar-refractivity contribution >= 4 is 12.4 Å². The highest BCUT2D eigenvalue weighted by Gasteiger charge is 2.19. The van der Waals surface area contributed by atoms with Gasteiger partial charge < -0.3 is 4.74 Å². The van der Waals surface area contributed by atoms with Crippen molar-refractivity contribution in [3.63, 3.8) is 0 Å². The standard InChI is InChI=1S/C16H17NO3/c1-16(2,3)20-15(19)17-10-4-5-14(17)13-8-6-12(11-18)7-9-13/h4-11H,1-3H3. The largest absolute Gasteiger partial charge is 0.443 e. The van der Waals surface area contributed by atoms with Crippen molar-refractivity contribution in [2.45, 2.75) is 26.4 Å². The predicted octanol–water partition coefficient (Wildman–Crippen LogP) is 3.75. The van der Waals surface area contributed by atoms with Crippen LogP contribution in [0.4, 0.5) is 4.79 Å². The fraction of sp³-hybridized carbons (Fsp3) is 0.250. The Morgan fingerprint density at radius 3 is 2.35 bits per heavy atom. The van der Waals surface area contributed by atoms with E-state index in [0.29, 0.717) is 5.56 Å². The molecule has 2 rings (SSSR count). The molecule has 0 bridgehead atoms. The van der Waals surface area contributed by atoms with Gasteiger partial charge in [-0.05, 0) is 38.5 Å². The Bertz CT molecular complexity index is 618. The maximum Gasteiger partial charge on any atom is 0.418 e. The predicted molar refractivity (Wildman–Crippen MR) is 76.9 cm³/mol. The summed E-state index contributed by atoms with van der Waals surface area (Å²) in [7, 11) is 0. The van der Waals surface area contributed by atoms with Crippen molar-refractivity contribution in [2.24, 2.45) is 0 Å². The minimum absolute atomic E-state index is 0.419. The Morgan fingerprint density at radius 2 is 1.80 bits per heavy atom. The number of hydrogen-bond acceptors (Lipinski definition) is 3. The summed E-state index contributed by atoms with van der Waals surface area (Å²) in [6.45, 7) is 5.48. The van der Waals surface area contributed by atoms with Crippen molar-refractivity contribution in [3.05, 3.63) is 48.2 Å². The van der Waals surface area contributed by atoms with Crippen LogP contribution in [0.3, 0.4) is 0 Å². The fourth-order valence-electron chi connectivity index (χ4n) is 1.82. The normalized spacial score (nSPS) is 11.2. The first-order valence-corrected chi connectivity index (χ1v) is 6.37. The smallest absolute Gasteiger partial charge is 0.418 e. The summed E-state index contributed by atoms with van der Waals surface area (Å²) in [4.78, 5) is 22.8. The van der Waals surface area contributed by atoms with E-state index in [1.165, 1.54) is 4.57 Å². The third-order valence-electron chi connectivity index (χ3n) is 2.68. The summed E-state index contributed by atoms with van der Waals surface area (Å²) < 4.78 is 6.82. The molecule has 1 aromatic carbocycles. The number of carbonyl (C=O) groups is 2. The second-order valence-electron chi connectivity index (χ2n) is 5.48. The number of aromatic nitrogens is 1. The number of carbonyl (C=O) groups excluding carboxylic acids is 2. The van der Waals surface area contributed by atoms with E-state index in [1.807, 2.05) is 26.8 Å². The molecular weight excluding hydrogens is 254 g/mol. The van der Waals surface area contributed by atoms with E-state index in [0.717, 1.165) is 17.5 Å². The molecule has 0 aliphatic rings. The molecule has 0 fully saturated rings. The summed E-state index contributed by atoms with van der Waals surface area (Å²) >= 11 is 0. The summed E-state index contributed by atoms with van der Waals surface area (Å²) in [5, 5.41) is 0. The Hall–Kier alpha value is -2.36. The molecule has 1 aromatic heterocycles. The minimum atomic E-state index is -0.542. The molecule has 0 radical (unpaired) electrons. The topological polar surface area (TPSA) is 48.3 Å². The first kappa shape index (κ1) is 14.1. The van der Waals surface area contributed by atoms with Crippen LogP contribution in [0.5, 0.6) is 0 Å². The van der Waals surface area contributed by atoms with Gasteiger partial charge in [0.25, 0.3) is 0 Å². The average Bonchev–Trinajstić information content (AvgIpc) is 2.86. The van der Waals surface area contributed by atoms with Crippen LogP contribution in [-0.4, -0.2) is 22.5 Å². The van der Waals surface area contributed by atoms with Gasteiger partial charge in [0.2, 0.25) is 0 Å².